The molecule has 1 aliphatic heterocycles. The quantitative estimate of drug-likeness (QED) is 0.715. The first-order valence-electron chi connectivity index (χ1n) is 8.88. The van der Waals surface area contributed by atoms with E-state index in [2.05, 4.69) is 0 Å². The summed E-state index contributed by atoms with van der Waals surface area (Å²) in [5.74, 6) is 0.786. The van der Waals surface area contributed by atoms with Crippen LogP contribution in [0.4, 0.5) is 4.39 Å². The fourth-order valence-electron chi connectivity index (χ4n) is 3.36. The van der Waals surface area contributed by atoms with Crippen LogP contribution in [0.25, 0.3) is 0 Å². The molecule has 3 nitrogen and oxygen atoms in total. The van der Waals surface area contributed by atoms with Gasteiger partial charge in [0.2, 0.25) is 5.91 Å². The largest absolute Gasteiger partial charge is 0.493 e. The summed E-state index contributed by atoms with van der Waals surface area (Å²) in [6.07, 6.45) is 3.11. The van der Waals surface area contributed by atoms with Gasteiger partial charge in [0.25, 0.3) is 0 Å². The molecule has 4 heteroatoms. The highest BCUT2D eigenvalue weighted by Gasteiger charge is 2.29. The van der Waals surface area contributed by atoms with Gasteiger partial charge < -0.3 is 9.64 Å². The number of para-hydroxylation sites is 1. The molecule has 1 aliphatic rings. The van der Waals surface area contributed by atoms with Crippen LogP contribution in [-0.2, 0) is 4.79 Å². The van der Waals surface area contributed by atoms with Crippen molar-refractivity contribution in [1.29, 1.82) is 0 Å². The number of hydrogen-bond acceptors (Lipinski definition) is 2. The topological polar surface area (TPSA) is 29.5 Å². The maximum absolute atomic E-state index is 13.1. The number of nitrogens with zero attached hydrogens (tertiary/aromatic N) is 1. The fourth-order valence-corrected chi connectivity index (χ4v) is 3.36. The number of aryl methyl sites for hydroxylation is 1. The predicted octanol–water partition coefficient (Wildman–Crippen LogP) is 4.66. The number of halogens is 1. The summed E-state index contributed by atoms with van der Waals surface area (Å²) < 4.78 is 18.9. The van der Waals surface area contributed by atoms with Gasteiger partial charge in [0, 0.05) is 13.0 Å². The lowest BCUT2D eigenvalue weighted by molar-refractivity contribution is -0.132. The van der Waals surface area contributed by atoms with Crippen molar-refractivity contribution in [1.82, 2.24) is 4.90 Å². The van der Waals surface area contributed by atoms with Gasteiger partial charge in [-0.3, -0.25) is 4.79 Å². The first kappa shape index (κ1) is 17.5. The molecule has 2 aromatic carbocycles. The molecular formula is C21H24FNO2. The van der Waals surface area contributed by atoms with Gasteiger partial charge in [-0.05, 0) is 55.5 Å². The summed E-state index contributed by atoms with van der Waals surface area (Å²) in [5.41, 5.74) is 2.12. The number of carbonyl (C=O) groups excluding carboxylic acids is 1. The van der Waals surface area contributed by atoms with Gasteiger partial charge in [-0.15, -0.1) is 0 Å². The van der Waals surface area contributed by atoms with Crippen LogP contribution in [0.5, 0.6) is 5.75 Å². The maximum atomic E-state index is 13.1. The highest BCUT2D eigenvalue weighted by Crippen LogP contribution is 2.32. The minimum absolute atomic E-state index is 0.0744. The van der Waals surface area contributed by atoms with Crippen molar-refractivity contribution in [3.63, 3.8) is 0 Å². The third-order valence-electron chi connectivity index (χ3n) is 4.71. The molecule has 2 aromatic rings. The highest BCUT2D eigenvalue weighted by molar-refractivity contribution is 5.77. The first-order valence-corrected chi connectivity index (χ1v) is 8.88. The van der Waals surface area contributed by atoms with Crippen molar-refractivity contribution in [3.8, 4) is 5.75 Å². The van der Waals surface area contributed by atoms with Crippen LogP contribution in [0.2, 0.25) is 0 Å². The molecule has 1 unspecified atom stereocenters. The van der Waals surface area contributed by atoms with Crippen molar-refractivity contribution >= 4 is 5.91 Å². The Balaban J connectivity index is 1.50. The third kappa shape index (κ3) is 4.38. The zero-order valence-electron chi connectivity index (χ0n) is 14.6. The summed E-state index contributed by atoms with van der Waals surface area (Å²) in [4.78, 5) is 14.5. The molecule has 1 atom stereocenters. The van der Waals surface area contributed by atoms with E-state index >= 15 is 0 Å². The average molecular weight is 341 g/mol. The second-order valence-electron chi connectivity index (χ2n) is 6.51. The standard InChI is InChI=1S/C21H24FNO2/c1-16-6-2-3-8-20(16)25-15-5-9-21(24)23-14-4-7-19(23)17-10-12-18(22)13-11-17/h2-3,6,8,10-13,19H,4-5,7,9,14-15H2,1H3. The van der Waals surface area contributed by atoms with Crippen molar-refractivity contribution in [3.05, 3.63) is 65.5 Å². The van der Waals surface area contributed by atoms with Gasteiger partial charge >= 0.3 is 0 Å². The van der Waals surface area contributed by atoms with Gasteiger partial charge in [-0.1, -0.05) is 30.3 Å². The number of amides is 1. The summed E-state index contributed by atoms with van der Waals surface area (Å²) in [6, 6.07) is 14.5. The Kier molecular flexibility index (Phi) is 5.69. The monoisotopic (exact) mass is 341 g/mol. The second-order valence-corrected chi connectivity index (χ2v) is 6.51. The van der Waals surface area contributed by atoms with E-state index in [4.69, 9.17) is 4.74 Å². The number of hydrogen-bond donors (Lipinski definition) is 0. The summed E-state index contributed by atoms with van der Waals surface area (Å²) in [6.45, 7) is 3.32. The SMILES string of the molecule is Cc1ccccc1OCCCC(=O)N1CCCC1c1ccc(F)cc1. The summed E-state index contributed by atoms with van der Waals surface area (Å²) >= 11 is 0. The van der Waals surface area contributed by atoms with Crippen molar-refractivity contribution in [2.75, 3.05) is 13.2 Å². The molecule has 0 N–H and O–H groups in total. The van der Waals surface area contributed by atoms with Gasteiger partial charge in [-0.25, -0.2) is 4.39 Å². The van der Waals surface area contributed by atoms with E-state index in [9.17, 15) is 9.18 Å². The van der Waals surface area contributed by atoms with E-state index in [0.29, 0.717) is 19.4 Å². The lowest BCUT2D eigenvalue weighted by Crippen LogP contribution is -2.30. The Morgan fingerprint density at radius 2 is 1.96 bits per heavy atom. The van der Waals surface area contributed by atoms with Crippen LogP contribution in [0.3, 0.4) is 0 Å². The Labute approximate surface area is 148 Å². The highest BCUT2D eigenvalue weighted by atomic mass is 19.1. The molecule has 0 radical (unpaired) electrons. The number of ether oxygens (including phenoxy) is 1. The summed E-state index contributed by atoms with van der Waals surface area (Å²) in [5, 5.41) is 0. The van der Waals surface area contributed by atoms with Crippen molar-refractivity contribution in [2.45, 2.75) is 38.6 Å². The van der Waals surface area contributed by atoms with E-state index in [1.807, 2.05) is 36.1 Å². The molecule has 1 amide bonds. The van der Waals surface area contributed by atoms with E-state index in [1.54, 1.807) is 12.1 Å². The van der Waals surface area contributed by atoms with Crippen LogP contribution >= 0.6 is 0 Å². The molecule has 25 heavy (non-hydrogen) atoms. The van der Waals surface area contributed by atoms with Gasteiger partial charge in [0.15, 0.2) is 0 Å². The van der Waals surface area contributed by atoms with E-state index in [1.165, 1.54) is 12.1 Å². The van der Waals surface area contributed by atoms with Gasteiger partial charge in [0.05, 0.1) is 12.6 Å². The Morgan fingerprint density at radius 1 is 1.20 bits per heavy atom. The molecule has 132 valence electrons. The molecule has 1 saturated heterocycles. The zero-order chi connectivity index (χ0) is 17.6. The van der Waals surface area contributed by atoms with Gasteiger partial charge in [0.1, 0.15) is 11.6 Å². The van der Waals surface area contributed by atoms with E-state index in [-0.39, 0.29) is 17.8 Å². The summed E-state index contributed by atoms with van der Waals surface area (Å²) in [7, 11) is 0. The van der Waals surface area contributed by atoms with E-state index in [0.717, 1.165) is 36.3 Å². The minimum Gasteiger partial charge on any atom is -0.493 e. The van der Waals surface area contributed by atoms with Crippen LogP contribution in [0, 0.1) is 12.7 Å². The molecule has 0 spiro atoms. The van der Waals surface area contributed by atoms with Crippen molar-refractivity contribution in [2.24, 2.45) is 0 Å². The van der Waals surface area contributed by atoms with Crippen LogP contribution < -0.4 is 4.74 Å². The molecule has 1 fully saturated rings. The van der Waals surface area contributed by atoms with Crippen molar-refractivity contribution < 1.29 is 13.9 Å². The van der Waals surface area contributed by atoms with E-state index < -0.39 is 0 Å². The molecule has 1 heterocycles. The number of rotatable bonds is 6. The Morgan fingerprint density at radius 3 is 2.72 bits per heavy atom. The average Bonchev–Trinajstić information content (AvgIpc) is 3.10. The van der Waals surface area contributed by atoms with Crippen LogP contribution in [0.1, 0.15) is 42.9 Å². The minimum atomic E-state index is -0.243. The molecule has 0 aliphatic carbocycles. The number of carbonyl (C=O) groups is 1. The fraction of sp³-hybridized carbons (Fsp3) is 0.381. The Bertz CT molecular complexity index is 714. The van der Waals surface area contributed by atoms with Crippen LogP contribution in [-0.4, -0.2) is 24.0 Å². The molecule has 0 saturated carbocycles. The molecule has 0 bridgehead atoms. The normalized spacial score (nSPS) is 16.9. The molecular weight excluding hydrogens is 317 g/mol. The molecule has 3 rings (SSSR count). The smallest absolute Gasteiger partial charge is 0.223 e. The lowest BCUT2D eigenvalue weighted by atomic mass is 10.0. The Hall–Kier alpha value is -2.36. The number of likely N-dealkylation sites (tertiary alicyclic amines) is 1. The third-order valence-corrected chi connectivity index (χ3v) is 4.71. The first-order chi connectivity index (χ1) is 12.1. The van der Waals surface area contributed by atoms with Gasteiger partial charge in [-0.2, -0.15) is 0 Å². The second kappa shape index (κ2) is 8.15. The predicted molar refractivity (Wildman–Crippen MR) is 96.0 cm³/mol. The lowest BCUT2D eigenvalue weighted by Gasteiger charge is -2.25. The zero-order valence-corrected chi connectivity index (χ0v) is 14.6. The molecule has 0 aromatic heterocycles. The number of benzene rings is 2. The maximum Gasteiger partial charge on any atom is 0.223 e. The van der Waals surface area contributed by atoms with Crippen LogP contribution in [0.15, 0.2) is 48.5 Å².